The molecule has 0 amide bonds. The van der Waals surface area contributed by atoms with E-state index < -0.39 is 0 Å². The third kappa shape index (κ3) is 1.55. The molecule has 0 saturated heterocycles. The summed E-state index contributed by atoms with van der Waals surface area (Å²) >= 11 is 0. The van der Waals surface area contributed by atoms with Gasteiger partial charge in [0.2, 0.25) is 0 Å². The summed E-state index contributed by atoms with van der Waals surface area (Å²) in [4.78, 5) is 11.0. The zero-order valence-corrected chi connectivity index (χ0v) is 11.4. The number of ether oxygens (including phenoxy) is 1. The second-order valence-corrected chi connectivity index (χ2v) is 5.64. The average molecular weight is 247 g/mol. The second-order valence-electron chi connectivity index (χ2n) is 5.64. The van der Waals surface area contributed by atoms with E-state index in [1.54, 1.807) is 0 Å². The molecule has 0 unspecified atom stereocenters. The van der Waals surface area contributed by atoms with Crippen molar-refractivity contribution in [1.82, 2.24) is 9.97 Å². The first-order valence-electron chi connectivity index (χ1n) is 6.72. The van der Waals surface area contributed by atoms with Gasteiger partial charge in [0.15, 0.2) is 0 Å². The van der Waals surface area contributed by atoms with E-state index in [4.69, 9.17) is 4.74 Å². The van der Waals surface area contributed by atoms with Crippen molar-refractivity contribution in [3.8, 4) is 0 Å². The monoisotopic (exact) mass is 247 g/mol. The van der Waals surface area contributed by atoms with Gasteiger partial charge in [-0.2, -0.15) is 0 Å². The molecule has 1 heterocycles. The van der Waals surface area contributed by atoms with Gasteiger partial charge in [-0.25, -0.2) is 9.97 Å². The maximum absolute atomic E-state index is 5.62. The number of aryl methyl sites for hydroxylation is 1. The van der Waals surface area contributed by atoms with Crippen LogP contribution >= 0.6 is 0 Å². The van der Waals surface area contributed by atoms with E-state index >= 15 is 0 Å². The molecule has 0 aliphatic heterocycles. The Morgan fingerprint density at radius 3 is 2.78 bits per heavy atom. The van der Waals surface area contributed by atoms with E-state index in [1.165, 1.54) is 19.3 Å². The topological polar surface area (TPSA) is 38.2 Å². The Kier molecular flexibility index (Phi) is 2.77. The summed E-state index contributed by atoms with van der Waals surface area (Å²) in [6.45, 7) is 1.94. The summed E-state index contributed by atoms with van der Waals surface area (Å²) in [6, 6.07) is 2.57. The molecule has 0 bridgehead atoms. The number of methoxy groups -OCH3 is 1. The minimum atomic E-state index is 0.391. The molecule has 1 aromatic heterocycles. The molecule has 2 aliphatic carbocycles. The van der Waals surface area contributed by atoms with Crippen LogP contribution in [-0.2, 0) is 4.74 Å². The van der Waals surface area contributed by atoms with E-state index in [0.29, 0.717) is 17.6 Å². The standard InChI is InChI=1S/C14H21N3O/c1-10-15-8-5-13(16-10)17(2)11-9-12(18-3)14(11)6-4-7-14/h5,8,11-12H,4,6-7,9H2,1-3H3/t11-,12+/m0/s1. The summed E-state index contributed by atoms with van der Waals surface area (Å²) in [7, 11) is 3.99. The predicted octanol–water partition coefficient (Wildman–Crippen LogP) is 2.18. The molecule has 2 aliphatic rings. The van der Waals surface area contributed by atoms with Crippen molar-refractivity contribution in [2.45, 2.75) is 44.8 Å². The van der Waals surface area contributed by atoms with Crippen molar-refractivity contribution < 1.29 is 4.74 Å². The van der Waals surface area contributed by atoms with Crippen LogP contribution in [-0.4, -0.2) is 36.3 Å². The lowest BCUT2D eigenvalue weighted by Crippen LogP contribution is -2.67. The molecule has 98 valence electrons. The molecule has 3 rings (SSSR count). The Balaban J connectivity index is 1.80. The third-order valence-electron chi connectivity index (χ3n) is 4.90. The zero-order valence-electron chi connectivity index (χ0n) is 11.4. The van der Waals surface area contributed by atoms with E-state index in [2.05, 4.69) is 21.9 Å². The lowest BCUT2D eigenvalue weighted by Gasteiger charge is -2.63. The second kappa shape index (κ2) is 4.19. The fourth-order valence-electron chi connectivity index (χ4n) is 3.64. The van der Waals surface area contributed by atoms with Crippen LogP contribution in [0.15, 0.2) is 12.3 Å². The van der Waals surface area contributed by atoms with Gasteiger partial charge in [0.1, 0.15) is 11.6 Å². The van der Waals surface area contributed by atoms with Crippen LogP contribution in [0.2, 0.25) is 0 Å². The van der Waals surface area contributed by atoms with Gasteiger partial charge in [-0.1, -0.05) is 6.42 Å². The number of hydrogen-bond donors (Lipinski definition) is 0. The van der Waals surface area contributed by atoms with Gasteiger partial charge < -0.3 is 9.64 Å². The zero-order chi connectivity index (χ0) is 12.8. The quantitative estimate of drug-likeness (QED) is 0.820. The summed E-state index contributed by atoms with van der Waals surface area (Å²) in [5, 5.41) is 0. The van der Waals surface area contributed by atoms with Crippen LogP contribution in [0.4, 0.5) is 5.82 Å². The molecule has 2 fully saturated rings. The molecular weight excluding hydrogens is 226 g/mol. The molecule has 1 aromatic rings. The number of hydrogen-bond acceptors (Lipinski definition) is 4. The highest BCUT2D eigenvalue weighted by atomic mass is 16.5. The number of anilines is 1. The molecule has 2 atom stereocenters. The Hall–Kier alpha value is -1.16. The van der Waals surface area contributed by atoms with Crippen molar-refractivity contribution in [1.29, 1.82) is 0 Å². The fourth-order valence-corrected chi connectivity index (χ4v) is 3.64. The first kappa shape index (κ1) is 11.9. The Morgan fingerprint density at radius 2 is 2.22 bits per heavy atom. The molecule has 18 heavy (non-hydrogen) atoms. The molecule has 2 saturated carbocycles. The maximum Gasteiger partial charge on any atom is 0.132 e. The molecule has 4 nitrogen and oxygen atoms in total. The van der Waals surface area contributed by atoms with Crippen LogP contribution in [0.3, 0.4) is 0 Å². The van der Waals surface area contributed by atoms with Gasteiger partial charge in [-0.05, 0) is 32.3 Å². The molecule has 1 spiro atoms. The van der Waals surface area contributed by atoms with Gasteiger partial charge in [-0.15, -0.1) is 0 Å². The summed E-state index contributed by atoms with van der Waals surface area (Å²) < 4.78 is 5.62. The maximum atomic E-state index is 5.62. The van der Waals surface area contributed by atoms with Gasteiger partial charge in [-0.3, -0.25) is 0 Å². The van der Waals surface area contributed by atoms with Gasteiger partial charge in [0.25, 0.3) is 0 Å². The fraction of sp³-hybridized carbons (Fsp3) is 0.714. The Labute approximate surface area is 108 Å². The van der Waals surface area contributed by atoms with E-state index in [1.807, 2.05) is 26.3 Å². The summed E-state index contributed by atoms with van der Waals surface area (Å²) in [5.41, 5.74) is 0.391. The smallest absolute Gasteiger partial charge is 0.132 e. The first-order chi connectivity index (χ1) is 8.67. The van der Waals surface area contributed by atoms with Crippen LogP contribution in [0, 0.1) is 12.3 Å². The van der Waals surface area contributed by atoms with Crippen LogP contribution in [0.1, 0.15) is 31.5 Å². The van der Waals surface area contributed by atoms with Crippen LogP contribution in [0.5, 0.6) is 0 Å². The SMILES string of the molecule is CO[C@@H]1C[C@H](N(C)c2ccnc(C)n2)C12CCC2. The van der Waals surface area contributed by atoms with E-state index in [-0.39, 0.29) is 0 Å². The van der Waals surface area contributed by atoms with E-state index in [0.717, 1.165) is 18.1 Å². The van der Waals surface area contributed by atoms with Crippen LogP contribution < -0.4 is 4.90 Å². The van der Waals surface area contributed by atoms with Gasteiger partial charge in [0, 0.05) is 31.8 Å². The first-order valence-corrected chi connectivity index (χ1v) is 6.72. The highest BCUT2D eigenvalue weighted by Gasteiger charge is 2.60. The highest BCUT2D eigenvalue weighted by Crippen LogP contribution is 2.59. The Morgan fingerprint density at radius 1 is 1.44 bits per heavy atom. The Bertz CT molecular complexity index is 444. The number of nitrogens with zero attached hydrogens (tertiary/aromatic N) is 3. The molecule has 4 heteroatoms. The normalized spacial score (nSPS) is 28.6. The largest absolute Gasteiger partial charge is 0.381 e. The minimum absolute atomic E-state index is 0.391. The van der Waals surface area contributed by atoms with Crippen molar-refractivity contribution in [3.63, 3.8) is 0 Å². The molecule has 0 radical (unpaired) electrons. The molecule has 0 aromatic carbocycles. The lowest BCUT2D eigenvalue weighted by atomic mass is 9.50. The van der Waals surface area contributed by atoms with Crippen molar-refractivity contribution in [2.24, 2.45) is 5.41 Å². The molecule has 0 N–H and O–H groups in total. The van der Waals surface area contributed by atoms with Gasteiger partial charge in [0.05, 0.1) is 6.10 Å². The molecular formula is C14H21N3O. The van der Waals surface area contributed by atoms with Crippen molar-refractivity contribution >= 4 is 5.82 Å². The average Bonchev–Trinajstić information content (AvgIpc) is 2.26. The van der Waals surface area contributed by atoms with Gasteiger partial charge >= 0.3 is 0 Å². The summed E-state index contributed by atoms with van der Waals surface area (Å²) in [5.74, 6) is 1.87. The van der Waals surface area contributed by atoms with E-state index in [9.17, 15) is 0 Å². The van der Waals surface area contributed by atoms with Crippen molar-refractivity contribution in [2.75, 3.05) is 19.1 Å². The van der Waals surface area contributed by atoms with Crippen LogP contribution in [0.25, 0.3) is 0 Å². The third-order valence-corrected chi connectivity index (χ3v) is 4.90. The number of aromatic nitrogens is 2. The summed E-state index contributed by atoms with van der Waals surface area (Å²) in [6.07, 6.45) is 7.34. The lowest BCUT2D eigenvalue weighted by molar-refractivity contribution is -0.152. The predicted molar refractivity (Wildman–Crippen MR) is 70.7 cm³/mol. The highest BCUT2D eigenvalue weighted by molar-refractivity contribution is 5.41. The number of rotatable bonds is 3. The minimum Gasteiger partial charge on any atom is -0.381 e. The van der Waals surface area contributed by atoms with Crippen molar-refractivity contribution in [3.05, 3.63) is 18.1 Å².